The zero-order chi connectivity index (χ0) is 16.3. The summed E-state index contributed by atoms with van der Waals surface area (Å²) >= 11 is 0. The van der Waals surface area contributed by atoms with Gasteiger partial charge in [-0.25, -0.2) is 0 Å². The highest BCUT2D eigenvalue weighted by Gasteiger charge is 2.33. The number of esters is 1. The summed E-state index contributed by atoms with van der Waals surface area (Å²) in [5.74, 6) is 0.491. The highest BCUT2D eigenvalue weighted by atomic mass is 16.6. The Morgan fingerprint density at radius 1 is 1.00 bits per heavy atom. The standard InChI is InChI=1S/C19H37NO2/c1-4-5-6-7-8-9-10-11-12-18(21)22-19(2,3)17-13-15-20-16-14-17/h17,20H,4-16H2,1-3H3. The van der Waals surface area contributed by atoms with Crippen LogP contribution in [0, 0.1) is 5.92 Å². The predicted octanol–water partition coefficient (Wildman–Crippen LogP) is 4.84. The maximum absolute atomic E-state index is 12.0. The molecule has 0 amide bonds. The Bertz CT molecular complexity index is 296. The van der Waals surface area contributed by atoms with Gasteiger partial charge in [0, 0.05) is 12.3 Å². The monoisotopic (exact) mass is 311 g/mol. The molecule has 1 fully saturated rings. The van der Waals surface area contributed by atoms with Crippen LogP contribution in [0.3, 0.4) is 0 Å². The minimum absolute atomic E-state index is 0.00508. The van der Waals surface area contributed by atoms with E-state index in [1.54, 1.807) is 0 Å². The summed E-state index contributed by atoms with van der Waals surface area (Å²) in [5, 5.41) is 3.37. The fourth-order valence-electron chi connectivity index (χ4n) is 3.35. The Kier molecular flexibility index (Phi) is 9.77. The van der Waals surface area contributed by atoms with Gasteiger partial charge in [0.2, 0.25) is 0 Å². The van der Waals surface area contributed by atoms with Gasteiger partial charge in [-0.2, -0.15) is 0 Å². The van der Waals surface area contributed by atoms with Crippen LogP contribution in [0.5, 0.6) is 0 Å². The van der Waals surface area contributed by atoms with Crippen molar-refractivity contribution in [3.05, 3.63) is 0 Å². The SMILES string of the molecule is CCCCCCCCCCC(=O)OC(C)(C)C1CCNCC1. The Morgan fingerprint density at radius 2 is 1.55 bits per heavy atom. The summed E-state index contributed by atoms with van der Waals surface area (Å²) in [5.41, 5.74) is -0.306. The molecular formula is C19H37NO2. The third-order valence-electron chi connectivity index (χ3n) is 4.93. The lowest BCUT2D eigenvalue weighted by atomic mass is 9.83. The molecule has 3 nitrogen and oxygen atoms in total. The number of carbonyl (C=O) groups excluding carboxylic acids is 1. The molecule has 0 aromatic rings. The van der Waals surface area contributed by atoms with E-state index in [-0.39, 0.29) is 11.6 Å². The summed E-state index contributed by atoms with van der Waals surface area (Å²) in [7, 11) is 0. The van der Waals surface area contributed by atoms with Gasteiger partial charge in [0.05, 0.1) is 0 Å². The third-order valence-corrected chi connectivity index (χ3v) is 4.93. The Hall–Kier alpha value is -0.570. The van der Waals surface area contributed by atoms with Crippen molar-refractivity contribution in [2.24, 2.45) is 5.92 Å². The van der Waals surface area contributed by atoms with E-state index in [9.17, 15) is 4.79 Å². The Balaban J connectivity index is 2.07. The predicted molar refractivity (Wildman–Crippen MR) is 93.0 cm³/mol. The van der Waals surface area contributed by atoms with Crippen molar-refractivity contribution in [2.45, 2.75) is 97.0 Å². The van der Waals surface area contributed by atoms with Gasteiger partial charge in [-0.15, -0.1) is 0 Å². The number of ether oxygens (including phenoxy) is 1. The largest absolute Gasteiger partial charge is 0.459 e. The van der Waals surface area contributed by atoms with Crippen molar-refractivity contribution in [3.63, 3.8) is 0 Å². The zero-order valence-electron chi connectivity index (χ0n) is 15.1. The van der Waals surface area contributed by atoms with Crippen LogP contribution in [-0.4, -0.2) is 24.7 Å². The summed E-state index contributed by atoms with van der Waals surface area (Å²) in [6, 6.07) is 0. The van der Waals surface area contributed by atoms with Gasteiger partial charge < -0.3 is 10.1 Å². The normalized spacial score (nSPS) is 16.7. The highest BCUT2D eigenvalue weighted by molar-refractivity contribution is 5.69. The molecule has 1 rings (SSSR count). The number of rotatable bonds is 11. The molecule has 130 valence electrons. The first-order valence-electron chi connectivity index (χ1n) is 9.49. The fraction of sp³-hybridized carbons (Fsp3) is 0.947. The maximum atomic E-state index is 12.0. The molecule has 0 radical (unpaired) electrons. The minimum Gasteiger partial charge on any atom is -0.459 e. The van der Waals surface area contributed by atoms with Crippen LogP contribution >= 0.6 is 0 Å². The van der Waals surface area contributed by atoms with Gasteiger partial charge >= 0.3 is 5.97 Å². The molecule has 0 atom stereocenters. The van der Waals surface area contributed by atoms with Crippen LogP contribution in [0.25, 0.3) is 0 Å². The molecule has 0 aromatic carbocycles. The van der Waals surface area contributed by atoms with E-state index in [2.05, 4.69) is 26.1 Å². The van der Waals surface area contributed by atoms with Crippen LogP contribution in [-0.2, 0) is 9.53 Å². The molecule has 22 heavy (non-hydrogen) atoms. The number of nitrogens with one attached hydrogen (secondary N) is 1. The van der Waals surface area contributed by atoms with Gasteiger partial charge in [-0.3, -0.25) is 4.79 Å². The van der Waals surface area contributed by atoms with E-state index in [0.717, 1.165) is 38.8 Å². The van der Waals surface area contributed by atoms with Gasteiger partial charge in [-0.05, 0) is 46.2 Å². The number of hydrogen-bond donors (Lipinski definition) is 1. The maximum Gasteiger partial charge on any atom is 0.306 e. The second kappa shape index (κ2) is 11.0. The molecule has 0 spiro atoms. The first-order valence-corrected chi connectivity index (χ1v) is 9.49. The van der Waals surface area contributed by atoms with E-state index in [1.807, 2.05) is 0 Å². The molecular weight excluding hydrogens is 274 g/mol. The molecule has 1 heterocycles. The summed E-state index contributed by atoms with van der Waals surface area (Å²) in [6.45, 7) is 8.49. The van der Waals surface area contributed by atoms with Crippen molar-refractivity contribution in [3.8, 4) is 0 Å². The zero-order valence-corrected chi connectivity index (χ0v) is 15.1. The molecule has 1 saturated heterocycles. The Morgan fingerprint density at radius 3 is 2.14 bits per heavy atom. The molecule has 0 unspecified atom stereocenters. The van der Waals surface area contributed by atoms with Crippen LogP contribution in [0.15, 0.2) is 0 Å². The van der Waals surface area contributed by atoms with E-state index >= 15 is 0 Å². The topological polar surface area (TPSA) is 38.3 Å². The minimum atomic E-state index is -0.306. The quantitative estimate of drug-likeness (QED) is 0.438. The van der Waals surface area contributed by atoms with E-state index in [4.69, 9.17) is 4.74 Å². The average molecular weight is 312 g/mol. The highest BCUT2D eigenvalue weighted by Crippen LogP contribution is 2.29. The van der Waals surface area contributed by atoms with Crippen LogP contribution < -0.4 is 5.32 Å². The van der Waals surface area contributed by atoms with Gasteiger partial charge in [-0.1, -0.05) is 51.9 Å². The van der Waals surface area contributed by atoms with Crippen molar-refractivity contribution < 1.29 is 9.53 Å². The van der Waals surface area contributed by atoms with Crippen molar-refractivity contribution in [1.29, 1.82) is 0 Å². The van der Waals surface area contributed by atoms with Crippen LogP contribution in [0.1, 0.15) is 91.4 Å². The number of carbonyl (C=O) groups is 1. The van der Waals surface area contributed by atoms with Crippen molar-refractivity contribution in [1.82, 2.24) is 5.32 Å². The second-order valence-corrected chi connectivity index (χ2v) is 7.33. The molecule has 1 aliphatic rings. The van der Waals surface area contributed by atoms with Crippen molar-refractivity contribution in [2.75, 3.05) is 13.1 Å². The average Bonchev–Trinajstić information content (AvgIpc) is 2.50. The molecule has 0 saturated carbocycles. The first-order chi connectivity index (χ1) is 10.6. The molecule has 3 heteroatoms. The lowest BCUT2D eigenvalue weighted by Crippen LogP contribution is -2.42. The molecule has 0 aromatic heterocycles. The van der Waals surface area contributed by atoms with E-state index < -0.39 is 0 Å². The number of unbranched alkanes of at least 4 members (excludes halogenated alkanes) is 7. The summed E-state index contributed by atoms with van der Waals surface area (Å²) in [6.07, 6.45) is 12.9. The lowest BCUT2D eigenvalue weighted by Gasteiger charge is -2.36. The molecule has 1 N–H and O–H groups in total. The first kappa shape index (κ1) is 19.5. The van der Waals surface area contributed by atoms with Crippen molar-refractivity contribution >= 4 is 5.97 Å². The van der Waals surface area contributed by atoms with Gasteiger partial charge in [0.25, 0.3) is 0 Å². The van der Waals surface area contributed by atoms with Crippen LogP contribution in [0.4, 0.5) is 0 Å². The number of hydrogen-bond acceptors (Lipinski definition) is 3. The smallest absolute Gasteiger partial charge is 0.306 e. The lowest BCUT2D eigenvalue weighted by molar-refractivity contribution is -0.162. The van der Waals surface area contributed by atoms with Gasteiger partial charge in [0.1, 0.15) is 5.60 Å². The van der Waals surface area contributed by atoms with Crippen LogP contribution in [0.2, 0.25) is 0 Å². The molecule has 1 aliphatic heterocycles. The third kappa shape index (κ3) is 8.17. The fourth-order valence-corrected chi connectivity index (χ4v) is 3.35. The van der Waals surface area contributed by atoms with E-state index in [1.165, 1.54) is 38.5 Å². The molecule has 0 bridgehead atoms. The van der Waals surface area contributed by atoms with Gasteiger partial charge in [0.15, 0.2) is 0 Å². The number of piperidine rings is 1. The summed E-state index contributed by atoms with van der Waals surface area (Å²) < 4.78 is 5.77. The van der Waals surface area contributed by atoms with E-state index in [0.29, 0.717) is 12.3 Å². The second-order valence-electron chi connectivity index (χ2n) is 7.33. The Labute approximate surface area is 137 Å². The molecule has 0 aliphatic carbocycles. The summed E-state index contributed by atoms with van der Waals surface area (Å²) in [4.78, 5) is 12.0.